The summed E-state index contributed by atoms with van der Waals surface area (Å²) in [5.41, 5.74) is 3.02. The van der Waals surface area contributed by atoms with Crippen molar-refractivity contribution in [2.45, 2.75) is 20.4 Å². The summed E-state index contributed by atoms with van der Waals surface area (Å²) in [6.07, 6.45) is 3.25. The molecule has 0 aliphatic heterocycles. The predicted octanol–water partition coefficient (Wildman–Crippen LogP) is 2.30. The van der Waals surface area contributed by atoms with Crippen LogP contribution < -0.4 is 5.56 Å². The summed E-state index contributed by atoms with van der Waals surface area (Å²) >= 11 is 0. The summed E-state index contributed by atoms with van der Waals surface area (Å²) in [7, 11) is 0. The van der Waals surface area contributed by atoms with E-state index in [4.69, 9.17) is 4.42 Å². The molecule has 0 N–H and O–H groups in total. The van der Waals surface area contributed by atoms with Crippen molar-refractivity contribution in [3.8, 4) is 0 Å². The number of benzene rings is 1. The molecule has 0 spiro atoms. The molecular weight excluding hydrogens is 280 g/mol. The van der Waals surface area contributed by atoms with Gasteiger partial charge in [0.05, 0.1) is 30.1 Å². The quantitative estimate of drug-likeness (QED) is 0.569. The molecular formula is C16H14N4O2. The summed E-state index contributed by atoms with van der Waals surface area (Å²) in [5.74, 6) is 1.34. The van der Waals surface area contributed by atoms with Gasteiger partial charge in [-0.3, -0.25) is 13.8 Å². The highest BCUT2D eigenvalue weighted by atomic mass is 16.4. The number of hydrogen-bond donors (Lipinski definition) is 0. The van der Waals surface area contributed by atoms with Gasteiger partial charge in [-0.1, -0.05) is 12.1 Å². The van der Waals surface area contributed by atoms with E-state index < -0.39 is 0 Å². The average Bonchev–Trinajstić information content (AvgIpc) is 3.10. The molecule has 1 aromatic carbocycles. The zero-order valence-corrected chi connectivity index (χ0v) is 12.3. The van der Waals surface area contributed by atoms with Gasteiger partial charge in [0.1, 0.15) is 17.0 Å². The fraction of sp³-hybridized carbons (Fsp3) is 0.188. The molecule has 0 saturated carbocycles. The van der Waals surface area contributed by atoms with E-state index in [0.29, 0.717) is 18.0 Å². The Hall–Kier alpha value is -2.89. The highest BCUT2D eigenvalue weighted by Crippen LogP contribution is 2.17. The molecule has 6 nitrogen and oxygen atoms in total. The minimum atomic E-state index is -0.0868. The van der Waals surface area contributed by atoms with Crippen LogP contribution in [0.1, 0.15) is 17.3 Å². The van der Waals surface area contributed by atoms with Gasteiger partial charge < -0.3 is 4.42 Å². The Morgan fingerprint density at radius 3 is 2.64 bits per heavy atom. The van der Waals surface area contributed by atoms with Gasteiger partial charge in [-0.05, 0) is 19.1 Å². The first-order valence-corrected chi connectivity index (χ1v) is 7.01. The first-order chi connectivity index (χ1) is 10.6. The molecule has 0 saturated heterocycles. The monoisotopic (exact) mass is 294 g/mol. The van der Waals surface area contributed by atoms with E-state index in [2.05, 4.69) is 9.97 Å². The van der Waals surface area contributed by atoms with Crippen molar-refractivity contribution in [2.24, 2.45) is 0 Å². The summed E-state index contributed by atoms with van der Waals surface area (Å²) in [6.45, 7) is 4.04. The topological polar surface area (TPSA) is 65.3 Å². The van der Waals surface area contributed by atoms with Gasteiger partial charge in [0.15, 0.2) is 5.89 Å². The number of rotatable bonds is 2. The number of aromatic nitrogens is 4. The second-order valence-electron chi connectivity index (χ2n) is 5.26. The molecule has 4 aromatic rings. The van der Waals surface area contributed by atoms with Crippen molar-refractivity contribution in [2.75, 3.05) is 0 Å². The van der Waals surface area contributed by atoms with E-state index >= 15 is 0 Å². The van der Waals surface area contributed by atoms with E-state index in [1.165, 1.54) is 0 Å². The van der Waals surface area contributed by atoms with Crippen molar-refractivity contribution in [1.29, 1.82) is 0 Å². The van der Waals surface area contributed by atoms with Crippen molar-refractivity contribution >= 4 is 16.6 Å². The molecule has 0 bridgehead atoms. The summed E-state index contributed by atoms with van der Waals surface area (Å²) in [4.78, 5) is 21.2. The lowest BCUT2D eigenvalue weighted by Crippen LogP contribution is -2.23. The van der Waals surface area contributed by atoms with Crippen LogP contribution in [0.5, 0.6) is 0 Å². The summed E-state index contributed by atoms with van der Waals surface area (Å²) < 4.78 is 9.00. The van der Waals surface area contributed by atoms with Gasteiger partial charge in [-0.15, -0.1) is 0 Å². The molecule has 0 fully saturated rings. The van der Waals surface area contributed by atoms with Crippen LogP contribution in [0.15, 0.2) is 46.0 Å². The molecule has 6 heteroatoms. The summed E-state index contributed by atoms with van der Waals surface area (Å²) in [6, 6.07) is 7.77. The first kappa shape index (κ1) is 12.8. The van der Waals surface area contributed by atoms with Crippen LogP contribution in [-0.2, 0) is 6.54 Å². The second kappa shape index (κ2) is 4.56. The van der Waals surface area contributed by atoms with Crippen LogP contribution in [0.25, 0.3) is 16.6 Å². The standard InChI is InChI=1S/C16H14N4O2/c1-10-12(18-11(2)22-10)8-19-13-5-3-4-6-14(13)20-9-17-7-15(20)16(19)21/h3-7,9H,8H2,1-2H3. The maximum Gasteiger partial charge on any atom is 0.277 e. The number of fused-ring (bicyclic) bond motifs is 3. The lowest BCUT2D eigenvalue weighted by atomic mass is 10.2. The van der Waals surface area contributed by atoms with Gasteiger partial charge in [0.2, 0.25) is 0 Å². The Kier molecular flexibility index (Phi) is 2.66. The fourth-order valence-corrected chi connectivity index (χ4v) is 2.81. The van der Waals surface area contributed by atoms with Gasteiger partial charge in [0, 0.05) is 6.92 Å². The van der Waals surface area contributed by atoms with E-state index in [-0.39, 0.29) is 5.56 Å². The van der Waals surface area contributed by atoms with E-state index in [9.17, 15) is 4.79 Å². The molecule has 0 unspecified atom stereocenters. The van der Waals surface area contributed by atoms with Gasteiger partial charge in [0.25, 0.3) is 5.56 Å². The van der Waals surface area contributed by atoms with Crippen molar-refractivity contribution in [3.05, 3.63) is 64.5 Å². The lowest BCUT2D eigenvalue weighted by Gasteiger charge is -2.11. The van der Waals surface area contributed by atoms with Crippen LogP contribution in [0, 0.1) is 13.8 Å². The van der Waals surface area contributed by atoms with Crippen LogP contribution in [0.4, 0.5) is 0 Å². The third-order valence-electron chi connectivity index (χ3n) is 3.84. The Balaban J connectivity index is 2.04. The molecule has 110 valence electrons. The normalized spacial score (nSPS) is 11.5. The van der Waals surface area contributed by atoms with E-state index in [1.54, 1.807) is 24.0 Å². The van der Waals surface area contributed by atoms with Crippen molar-refractivity contribution in [1.82, 2.24) is 18.9 Å². The number of imidazole rings is 1. The van der Waals surface area contributed by atoms with Crippen molar-refractivity contribution in [3.63, 3.8) is 0 Å². The molecule has 3 aromatic heterocycles. The maximum absolute atomic E-state index is 12.8. The number of aryl methyl sites for hydroxylation is 2. The molecule has 0 aliphatic carbocycles. The fourth-order valence-electron chi connectivity index (χ4n) is 2.81. The molecule has 22 heavy (non-hydrogen) atoms. The Labute approximate surface area is 125 Å². The SMILES string of the molecule is Cc1nc(Cn2c(=O)c3cncn3c3ccccc32)c(C)o1. The molecule has 0 atom stereocenters. The second-order valence-corrected chi connectivity index (χ2v) is 5.26. The molecule has 4 rings (SSSR count). The Morgan fingerprint density at radius 1 is 1.14 bits per heavy atom. The minimum Gasteiger partial charge on any atom is -0.446 e. The molecule has 0 amide bonds. The zero-order chi connectivity index (χ0) is 15.3. The Bertz CT molecular complexity index is 1060. The lowest BCUT2D eigenvalue weighted by molar-refractivity contribution is 0.492. The largest absolute Gasteiger partial charge is 0.446 e. The van der Waals surface area contributed by atoms with Gasteiger partial charge in [-0.25, -0.2) is 9.97 Å². The first-order valence-electron chi connectivity index (χ1n) is 7.01. The van der Waals surface area contributed by atoms with Crippen LogP contribution in [-0.4, -0.2) is 18.9 Å². The molecule has 0 radical (unpaired) electrons. The van der Waals surface area contributed by atoms with Crippen LogP contribution in [0.2, 0.25) is 0 Å². The molecule has 0 aliphatic rings. The highest BCUT2D eigenvalue weighted by molar-refractivity contribution is 5.78. The Morgan fingerprint density at radius 2 is 1.91 bits per heavy atom. The van der Waals surface area contributed by atoms with Gasteiger partial charge >= 0.3 is 0 Å². The predicted molar refractivity (Wildman–Crippen MR) is 82.0 cm³/mol. The third-order valence-corrected chi connectivity index (χ3v) is 3.84. The number of nitrogens with zero attached hydrogens (tertiary/aromatic N) is 4. The van der Waals surface area contributed by atoms with E-state index in [0.717, 1.165) is 22.5 Å². The smallest absolute Gasteiger partial charge is 0.277 e. The number of para-hydroxylation sites is 2. The average molecular weight is 294 g/mol. The summed E-state index contributed by atoms with van der Waals surface area (Å²) in [5, 5.41) is 0. The highest BCUT2D eigenvalue weighted by Gasteiger charge is 2.14. The number of hydrogen-bond acceptors (Lipinski definition) is 4. The van der Waals surface area contributed by atoms with Gasteiger partial charge in [-0.2, -0.15) is 0 Å². The maximum atomic E-state index is 12.8. The van der Waals surface area contributed by atoms with Crippen LogP contribution >= 0.6 is 0 Å². The zero-order valence-electron chi connectivity index (χ0n) is 12.3. The minimum absolute atomic E-state index is 0.0868. The van der Waals surface area contributed by atoms with Crippen molar-refractivity contribution < 1.29 is 4.42 Å². The number of oxazole rings is 1. The van der Waals surface area contributed by atoms with Crippen LogP contribution in [0.3, 0.4) is 0 Å². The molecule has 3 heterocycles. The third kappa shape index (κ3) is 1.77. The van der Waals surface area contributed by atoms with E-state index in [1.807, 2.05) is 35.6 Å².